The van der Waals surface area contributed by atoms with Crippen LogP contribution in [-0.4, -0.2) is 53.6 Å². The summed E-state index contributed by atoms with van der Waals surface area (Å²) in [5.41, 5.74) is 0. The Morgan fingerprint density at radius 2 is 2.09 bits per heavy atom. The predicted molar refractivity (Wildman–Crippen MR) is 82.6 cm³/mol. The lowest BCUT2D eigenvalue weighted by molar-refractivity contribution is -0.126. The SMILES string of the molecule is CCC(CNC(=O)C1C[C@@H](O)[C@@H](O)CN1)Oc1ccccc1. The van der Waals surface area contributed by atoms with Crippen LogP contribution in [0.2, 0.25) is 0 Å². The zero-order valence-electron chi connectivity index (χ0n) is 12.7. The van der Waals surface area contributed by atoms with Crippen LogP contribution < -0.4 is 15.4 Å². The van der Waals surface area contributed by atoms with Crippen molar-refractivity contribution in [3.8, 4) is 5.75 Å². The first-order valence-electron chi connectivity index (χ1n) is 7.69. The molecule has 22 heavy (non-hydrogen) atoms. The molecule has 1 heterocycles. The molecule has 0 spiro atoms. The summed E-state index contributed by atoms with van der Waals surface area (Å²) in [5, 5.41) is 24.8. The lowest BCUT2D eigenvalue weighted by Crippen LogP contribution is -2.56. The van der Waals surface area contributed by atoms with E-state index >= 15 is 0 Å². The Hall–Kier alpha value is -1.63. The van der Waals surface area contributed by atoms with E-state index in [1.807, 2.05) is 37.3 Å². The van der Waals surface area contributed by atoms with Crippen LogP contribution in [0.3, 0.4) is 0 Å². The molecular weight excluding hydrogens is 284 g/mol. The molecule has 0 aliphatic carbocycles. The monoisotopic (exact) mass is 308 g/mol. The normalized spacial score (nSPS) is 26.2. The molecule has 1 fully saturated rings. The Labute approximate surface area is 130 Å². The average Bonchev–Trinajstić information content (AvgIpc) is 2.54. The molecule has 0 aromatic heterocycles. The van der Waals surface area contributed by atoms with Gasteiger partial charge in [0.2, 0.25) is 5.91 Å². The Kier molecular flexibility index (Phi) is 6.18. The molecular formula is C16H24N2O4. The molecule has 122 valence electrons. The van der Waals surface area contributed by atoms with Crippen LogP contribution in [-0.2, 0) is 4.79 Å². The number of ether oxygens (including phenoxy) is 1. The molecule has 1 aliphatic rings. The summed E-state index contributed by atoms with van der Waals surface area (Å²) in [6, 6.07) is 9.01. The minimum absolute atomic E-state index is 0.106. The van der Waals surface area contributed by atoms with Crippen LogP contribution in [0.5, 0.6) is 5.75 Å². The Morgan fingerprint density at radius 1 is 1.36 bits per heavy atom. The quantitative estimate of drug-likeness (QED) is 0.596. The molecule has 1 saturated heterocycles. The first-order valence-corrected chi connectivity index (χ1v) is 7.69. The van der Waals surface area contributed by atoms with Crippen LogP contribution >= 0.6 is 0 Å². The molecule has 1 aliphatic heterocycles. The van der Waals surface area contributed by atoms with Crippen molar-refractivity contribution in [3.63, 3.8) is 0 Å². The van der Waals surface area contributed by atoms with Gasteiger partial charge in [0.15, 0.2) is 0 Å². The molecule has 2 unspecified atom stereocenters. The van der Waals surface area contributed by atoms with Gasteiger partial charge in [-0.15, -0.1) is 0 Å². The third-order valence-corrected chi connectivity index (χ3v) is 3.82. The van der Waals surface area contributed by atoms with Crippen molar-refractivity contribution in [1.82, 2.24) is 10.6 Å². The number of hydrogen-bond acceptors (Lipinski definition) is 5. The van der Waals surface area contributed by atoms with Gasteiger partial charge in [0.05, 0.1) is 24.8 Å². The van der Waals surface area contributed by atoms with Crippen molar-refractivity contribution in [3.05, 3.63) is 30.3 Å². The second kappa shape index (κ2) is 8.12. The number of nitrogens with one attached hydrogen (secondary N) is 2. The molecule has 0 radical (unpaired) electrons. The number of para-hydroxylation sites is 1. The highest BCUT2D eigenvalue weighted by atomic mass is 16.5. The number of hydrogen-bond donors (Lipinski definition) is 4. The minimum Gasteiger partial charge on any atom is -0.489 e. The molecule has 4 atom stereocenters. The molecule has 1 aromatic rings. The van der Waals surface area contributed by atoms with Gasteiger partial charge in [0.1, 0.15) is 11.9 Å². The summed E-state index contributed by atoms with van der Waals surface area (Å²) >= 11 is 0. The topological polar surface area (TPSA) is 90.8 Å². The summed E-state index contributed by atoms with van der Waals surface area (Å²) < 4.78 is 5.82. The number of benzene rings is 1. The summed E-state index contributed by atoms with van der Waals surface area (Å²) in [4.78, 5) is 12.1. The molecule has 6 heteroatoms. The number of β-amino-alcohol motifs (C(OH)–C–C–N with tert-alkyl or cyclic N) is 1. The second-order valence-corrected chi connectivity index (χ2v) is 5.54. The van der Waals surface area contributed by atoms with Crippen molar-refractivity contribution in [2.24, 2.45) is 0 Å². The first-order chi connectivity index (χ1) is 10.6. The van der Waals surface area contributed by atoms with Gasteiger partial charge in [-0.3, -0.25) is 4.79 Å². The number of piperidine rings is 1. The molecule has 4 N–H and O–H groups in total. The van der Waals surface area contributed by atoms with Gasteiger partial charge >= 0.3 is 0 Å². The maximum Gasteiger partial charge on any atom is 0.237 e. The number of amides is 1. The smallest absolute Gasteiger partial charge is 0.237 e. The maximum absolute atomic E-state index is 12.1. The maximum atomic E-state index is 12.1. The fourth-order valence-corrected chi connectivity index (χ4v) is 2.38. The van der Waals surface area contributed by atoms with E-state index in [1.54, 1.807) is 0 Å². The van der Waals surface area contributed by atoms with Crippen molar-refractivity contribution >= 4 is 5.91 Å². The standard InChI is InChI=1S/C16H24N2O4/c1-2-11(22-12-6-4-3-5-7-12)9-18-16(21)13-8-14(19)15(20)10-17-13/h3-7,11,13-15,17,19-20H,2,8-10H2,1H3,(H,18,21)/t11?,13?,14-,15+/m1/s1. The van der Waals surface area contributed by atoms with E-state index in [4.69, 9.17) is 4.74 Å². The van der Waals surface area contributed by atoms with Gasteiger partial charge in [-0.25, -0.2) is 0 Å². The van der Waals surface area contributed by atoms with Gasteiger partial charge in [-0.2, -0.15) is 0 Å². The van der Waals surface area contributed by atoms with Crippen LogP contribution in [0.1, 0.15) is 19.8 Å². The molecule has 6 nitrogen and oxygen atoms in total. The molecule has 2 rings (SSSR count). The fraction of sp³-hybridized carbons (Fsp3) is 0.562. The van der Waals surface area contributed by atoms with E-state index in [-0.39, 0.29) is 25.0 Å². The van der Waals surface area contributed by atoms with E-state index in [2.05, 4.69) is 10.6 Å². The summed E-state index contributed by atoms with van der Waals surface area (Å²) in [6.45, 7) is 2.62. The van der Waals surface area contributed by atoms with Gasteiger partial charge in [0, 0.05) is 13.0 Å². The molecule has 0 bridgehead atoms. The number of rotatable bonds is 6. The number of aliphatic hydroxyl groups is 2. The highest BCUT2D eigenvalue weighted by Crippen LogP contribution is 2.13. The van der Waals surface area contributed by atoms with E-state index in [0.29, 0.717) is 6.54 Å². The van der Waals surface area contributed by atoms with Gasteiger partial charge in [-0.1, -0.05) is 25.1 Å². The molecule has 0 saturated carbocycles. The third-order valence-electron chi connectivity index (χ3n) is 3.82. The molecule has 1 amide bonds. The highest BCUT2D eigenvalue weighted by Gasteiger charge is 2.31. The van der Waals surface area contributed by atoms with E-state index < -0.39 is 18.2 Å². The van der Waals surface area contributed by atoms with Crippen molar-refractivity contribution < 1.29 is 19.7 Å². The fourth-order valence-electron chi connectivity index (χ4n) is 2.38. The first kappa shape index (κ1) is 16.7. The van der Waals surface area contributed by atoms with Gasteiger partial charge < -0.3 is 25.6 Å². The Morgan fingerprint density at radius 3 is 2.73 bits per heavy atom. The van der Waals surface area contributed by atoms with Crippen LogP contribution in [0.4, 0.5) is 0 Å². The lowest BCUT2D eigenvalue weighted by Gasteiger charge is -2.30. The zero-order valence-corrected chi connectivity index (χ0v) is 12.7. The van der Waals surface area contributed by atoms with Gasteiger partial charge in [0.25, 0.3) is 0 Å². The van der Waals surface area contributed by atoms with E-state index in [1.165, 1.54) is 0 Å². The largest absolute Gasteiger partial charge is 0.489 e. The number of aliphatic hydroxyl groups excluding tert-OH is 2. The third kappa shape index (κ3) is 4.69. The van der Waals surface area contributed by atoms with Crippen molar-refractivity contribution in [2.75, 3.05) is 13.1 Å². The summed E-state index contributed by atoms with van der Waals surface area (Å²) in [6.07, 6.45) is -0.795. The van der Waals surface area contributed by atoms with E-state index in [0.717, 1.165) is 12.2 Å². The molecule has 1 aromatic carbocycles. The highest BCUT2D eigenvalue weighted by molar-refractivity contribution is 5.81. The number of carbonyl (C=O) groups is 1. The zero-order chi connectivity index (χ0) is 15.9. The minimum atomic E-state index is -0.862. The summed E-state index contributed by atoms with van der Waals surface area (Å²) in [7, 11) is 0. The Balaban J connectivity index is 1.79. The van der Waals surface area contributed by atoms with E-state index in [9.17, 15) is 15.0 Å². The van der Waals surface area contributed by atoms with Crippen LogP contribution in [0, 0.1) is 0 Å². The van der Waals surface area contributed by atoms with Crippen LogP contribution in [0.25, 0.3) is 0 Å². The number of carbonyl (C=O) groups excluding carboxylic acids is 1. The summed E-state index contributed by atoms with van der Waals surface area (Å²) in [5.74, 6) is 0.596. The predicted octanol–water partition coefficient (Wildman–Crippen LogP) is 0.0439. The van der Waals surface area contributed by atoms with Gasteiger partial charge in [-0.05, 0) is 18.6 Å². The second-order valence-electron chi connectivity index (χ2n) is 5.54. The average molecular weight is 308 g/mol. The Bertz CT molecular complexity index is 468. The van der Waals surface area contributed by atoms with Crippen LogP contribution in [0.15, 0.2) is 30.3 Å². The lowest BCUT2D eigenvalue weighted by atomic mass is 9.99. The van der Waals surface area contributed by atoms with Crippen molar-refractivity contribution in [1.29, 1.82) is 0 Å². The van der Waals surface area contributed by atoms with Crippen molar-refractivity contribution in [2.45, 2.75) is 44.1 Å².